The zero-order valence-corrected chi connectivity index (χ0v) is 15.3. The molecule has 0 aromatic heterocycles. The predicted octanol–water partition coefficient (Wildman–Crippen LogP) is 5.54. The molecular formula is C18H14Cl2F3N2O+. The summed E-state index contributed by atoms with van der Waals surface area (Å²) in [5, 5.41) is 9.62. The van der Waals surface area contributed by atoms with Gasteiger partial charge in [0.25, 0.3) is 0 Å². The van der Waals surface area contributed by atoms with E-state index in [0.717, 1.165) is 6.07 Å². The van der Waals surface area contributed by atoms with Gasteiger partial charge in [-0.1, -0.05) is 11.6 Å². The summed E-state index contributed by atoms with van der Waals surface area (Å²) in [4.78, 5) is 4.18. The van der Waals surface area contributed by atoms with E-state index in [1.165, 1.54) is 18.2 Å². The van der Waals surface area contributed by atoms with Gasteiger partial charge in [-0.05, 0) is 32.0 Å². The number of hydrogen-bond donors (Lipinski definition) is 1. The van der Waals surface area contributed by atoms with Crippen molar-refractivity contribution in [3.05, 3.63) is 69.8 Å². The van der Waals surface area contributed by atoms with Gasteiger partial charge >= 0.3 is 5.29 Å². The van der Waals surface area contributed by atoms with E-state index in [1.54, 1.807) is 13.8 Å². The van der Waals surface area contributed by atoms with Crippen LogP contribution in [-0.4, -0.2) is 17.0 Å². The number of halogens is 5. The Morgan fingerprint density at radius 2 is 1.73 bits per heavy atom. The Labute approximate surface area is 158 Å². The van der Waals surface area contributed by atoms with E-state index >= 15 is 0 Å². The lowest BCUT2D eigenvalue weighted by atomic mass is 10.1. The maximum atomic E-state index is 14.9. The molecule has 26 heavy (non-hydrogen) atoms. The van der Waals surface area contributed by atoms with Crippen molar-refractivity contribution in [1.29, 1.82) is 0 Å². The van der Waals surface area contributed by atoms with Gasteiger partial charge in [-0.3, -0.25) is 0 Å². The van der Waals surface area contributed by atoms with Gasteiger partial charge in [-0.15, -0.1) is 0 Å². The van der Waals surface area contributed by atoms with Crippen LogP contribution in [0.4, 0.5) is 24.5 Å². The first-order valence-electron chi connectivity index (χ1n) is 7.60. The van der Waals surface area contributed by atoms with E-state index in [2.05, 4.69) is 4.99 Å². The van der Waals surface area contributed by atoms with E-state index in [-0.39, 0.29) is 21.7 Å². The Bertz CT molecular complexity index is 952. The lowest BCUT2D eigenvalue weighted by molar-refractivity contribution is 0.309. The molecule has 136 valence electrons. The van der Waals surface area contributed by atoms with Gasteiger partial charge in [0.2, 0.25) is 5.69 Å². The maximum Gasteiger partial charge on any atom is 0.315 e. The molecule has 2 aromatic rings. The number of aryl methyl sites for hydroxylation is 1. The number of amidine groups is 1. The minimum atomic E-state index is -0.965. The minimum Gasteiger partial charge on any atom is -0.386 e. The number of allylic oxidation sites excluding steroid dienone is 1. The van der Waals surface area contributed by atoms with Crippen molar-refractivity contribution in [1.82, 2.24) is 4.48 Å². The first-order chi connectivity index (χ1) is 12.2. The fourth-order valence-electron chi connectivity index (χ4n) is 3.30. The highest BCUT2D eigenvalue weighted by Gasteiger charge is 2.52. The summed E-state index contributed by atoms with van der Waals surface area (Å²) >= 11 is 12.6. The largest absolute Gasteiger partial charge is 0.386 e. The molecule has 1 atom stereocenters. The summed E-state index contributed by atoms with van der Waals surface area (Å²) in [7, 11) is 0. The lowest BCUT2D eigenvalue weighted by Crippen LogP contribution is -2.46. The van der Waals surface area contributed by atoms with Crippen molar-refractivity contribution in [3.63, 3.8) is 0 Å². The molecular weight excluding hydrogens is 388 g/mol. The summed E-state index contributed by atoms with van der Waals surface area (Å²) in [6.45, 7) is 2.69. The quantitative estimate of drug-likeness (QED) is 0.531. The van der Waals surface area contributed by atoms with E-state index in [4.69, 9.17) is 23.2 Å². The molecule has 0 saturated heterocycles. The van der Waals surface area contributed by atoms with E-state index < -0.39 is 28.5 Å². The first kappa shape index (κ1) is 18.9. The van der Waals surface area contributed by atoms with Gasteiger partial charge in [0.15, 0.2) is 17.2 Å². The Balaban J connectivity index is 2.50. The van der Waals surface area contributed by atoms with Crippen LogP contribution in [0.3, 0.4) is 0 Å². The van der Waals surface area contributed by atoms with Crippen LogP contribution < -0.4 is 4.48 Å². The molecule has 3 nitrogen and oxygen atoms in total. The van der Waals surface area contributed by atoms with Crippen LogP contribution in [0.2, 0.25) is 5.02 Å². The van der Waals surface area contributed by atoms with Gasteiger partial charge < -0.3 is 5.11 Å². The van der Waals surface area contributed by atoms with Crippen LogP contribution in [0.5, 0.6) is 0 Å². The third kappa shape index (κ3) is 2.65. The van der Waals surface area contributed by atoms with Crippen LogP contribution in [0.15, 0.2) is 46.7 Å². The SMILES string of the molecule is CC1=C(CO)[N+](c2ccc(F)cc2C)(c2c(F)cc(F)cc2Cl)C(Cl)=N1. The summed E-state index contributed by atoms with van der Waals surface area (Å²) in [5.74, 6) is -2.31. The number of nitrogens with zero attached hydrogens (tertiary/aromatic N) is 2. The Hall–Kier alpha value is -1.86. The zero-order valence-electron chi connectivity index (χ0n) is 13.8. The Morgan fingerprint density at radius 3 is 2.31 bits per heavy atom. The normalized spacial score (nSPS) is 19.9. The molecule has 0 spiro atoms. The monoisotopic (exact) mass is 401 g/mol. The predicted molar refractivity (Wildman–Crippen MR) is 97.0 cm³/mol. The number of quaternary nitrogens is 1. The lowest BCUT2D eigenvalue weighted by Gasteiger charge is -2.34. The fraction of sp³-hybridized carbons (Fsp3) is 0.167. The van der Waals surface area contributed by atoms with Crippen molar-refractivity contribution in [2.75, 3.05) is 6.61 Å². The molecule has 1 aliphatic heterocycles. The smallest absolute Gasteiger partial charge is 0.315 e. The molecule has 0 saturated carbocycles. The van der Waals surface area contributed by atoms with Crippen LogP contribution in [0.25, 0.3) is 0 Å². The molecule has 0 amide bonds. The minimum absolute atomic E-state index is 0.117. The summed E-state index contributed by atoms with van der Waals surface area (Å²) in [6, 6.07) is 5.47. The number of aliphatic imine (C=N–C) groups is 1. The van der Waals surface area contributed by atoms with Gasteiger partial charge in [-0.2, -0.15) is 9.48 Å². The molecule has 0 fully saturated rings. The average Bonchev–Trinajstić information content (AvgIpc) is 2.77. The number of aliphatic hydroxyl groups excluding tert-OH is 1. The van der Waals surface area contributed by atoms with Gasteiger partial charge in [-0.25, -0.2) is 13.2 Å². The molecule has 0 bridgehead atoms. The Morgan fingerprint density at radius 1 is 1.04 bits per heavy atom. The van der Waals surface area contributed by atoms with Crippen molar-refractivity contribution in [3.8, 4) is 0 Å². The van der Waals surface area contributed by atoms with Crippen molar-refractivity contribution in [2.24, 2.45) is 4.99 Å². The van der Waals surface area contributed by atoms with Crippen LogP contribution >= 0.6 is 23.2 Å². The van der Waals surface area contributed by atoms with Crippen molar-refractivity contribution in [2.45, 2.75) is 13.8 Å². The number of benzene rings is 2. The molecule has 1 heterocycles. The number of rotatable bonds is 3. The summed E-state index contributed by atoms with van der Waals surface area (Å²) in [5.41, 5.74) is 1.17. The molecule has 1 aliphatic rings. The fourth-order valence-corrected chi connectivity index (χ4v) is 4.02. The van der Waals surface area contributed by atoms with Crippen LogP contribution in [0, 0.1) is 24.4 Å². The molecule has 0 aliphatic carbocycles. The highest BCUT2D eigenvalue weighted by atomic mass is 35.5. The number of aliphatic hydroxyl groups is 1. The Kier molecular flexibility index (Phi) is 4.88. The number of hydrogen-bond acceptors (Lipinski definition) is 2. The average molecular weight is 402 g/mol. The van der Waals surface area contributed by atoms with E-state index in [9.17, 15) is 18.3 Å². The molecule has 1 unspecified atom stereocenters. The standard InChI is InChI=1S/C18H14Cl2F3N2O/c1-9-5-11(21)3-4-15(9)25(16(8-26)10(2)24-18(25)20)17-13(19)6-12(22)7-14(17)23/h3-7,26H,8H2,1-2H3/q+1. The maximum absolute atomic E-state index is 14.9. The zero-order chi connectivity index (χ0) is 19.2. The molecule has 1 N–H and O–H groups in total. The van der Waals surface area contributed by atoms with Crippen LogP contribution in [0.1, 0.15) is 12.5 Å². The summed E-state index contributed by atoms with van der Waals surface area (Å²) < 4.78 is 41.5. The van der Waals surface area contributed by atoms with Gasteiger partial charge in [0, 0.05) is 29.3 Å². The van der Waals surface area contributed by atoms with E-state index in [0.29, 0.717) is 23.0 Å². The highest BCUT2D eigenvalue weighted by molar-refractivity contribution is 6.68. The van der Waals surface area contributed by atoms with Crippen molar-refractivity contribution < 1.29 is 18.3 Å². The van der Waals surface area contributed by atoms with Crippen LogP contribution in [-0.2, 0) is 0 Å². The third-order valence-electron chi connectivity index (χ3n) is 4.35. The third-order valence-corrected chi connectivity index (χ3v) is 4.97. The topological polar surface area (TPSA) is 32.6 Å². The molecule has 2 aromatic carbocycles. The van der Waals surface area contributed by atoms with Crippen molar-refractivity contribution >= 4 is 39.9 Å². The second-order valence-corrected chi connectivity index (χ2v) is 6.64. The van der Waals surface area contributed by atoms with Gasteiger partial charge in [0.1, 0.15) is 29.0 Å². The first-order valence-corrected chi connectivity index (χ1v) is 8.35. The van der Waals surface area contributed by atoms with Gasteiger partial charge in [0.05, 0.1) is 0 Å². The second kappa shape index (κ2) is 6.70. The van der Waals surface area contributed by atoms with E-state index in [1.807, 2.05) is 0 Å². The summed E-state index contributed by atoms with van der Waals surface area (Å²) in [6.07, 6.45) is 0. The molecule has 8 heteroatoms. The molecule has 0 radical (unpaired) electrons. The molecule has 3 rings (SSSR count). The highest BCUT2D eigenvalue weighted by Crippen LogP contribution is 2.50. The second-order valence-electron chi connectivity index (χ2n) is 5.89.